The second-order valence-electron chi connectivity index (χ2n) is 7.97. The number of methoxy groups -OCH3 is 1. The maximum absolute atomic E-state index is 5.29. The first-order valence-electron chi connectivity index (χ1n) is 9.60. The number of nitrogens with zero attached hydrogens (tertiary/aromatic N) is 2. The van der Waals surface area contributed by atoms with E-state index in [1.54, 1.807) is 5.56 Å². The minimum Gasteiger partial charge on any atom is -0.383 e. The van der Waals surface area contributed by atoms with Gasteiger partial charge in [-0.3, -0.25) is 4.90 Å². The Labute approximate surface area is 155 Å². The molecule has 136 valence electrons. The summed E-state index contributed by atoms with van der Waals surface area (Å²) in [6.07, 6.45) is 4.10. The van der Waals surface area contributed by atoms with E-state index in [2.05, 4.69) is 41.0 Å². The van der Waals surface area contributed by atoms with Crippen LogP contribution in [0.4, 0.5) is 0 Å². The molecule has 2 aliphatic heterocycles. The summed E-state index contributed by atoms with van der Waals surface area (Å²) in [5.41, 5.74) is 2.08. The highest BCUT2D eigenvalue weighted by Crippen LogP contribution is 2.40. The van der Waals surface area contributed by atoms with Crippen molar-refractivity contribution in [1.29, 1.82) is 0 Å². The molecular formula is C21H30N2OS. The molecule has 2 fully saturated rings. The Bertz CT molecular complexity index is 728. The first kappa shape index (κ1) is 17.5. The number of ether oxygens (including phenoxy) is 1. The molecule has 1 atom stereocenters. The van der Waals surface area contributed by atoms with Gasteiger partial charge in [0.25, 0.3) is 0 Å². The van der Waals surface area contributed by atoms with Crippen molar-refractivity contribution < 1.29 is 4.74 Å². The highest BCUT2D eigenvalue weighted by Gasteiger charge is 2.41. The Morgan fingerprint density at radius 1 is 1.12 bits per heavy atom. The molecule has 3 heterocycles. The number of hydrogen-bond acceptors (Lipinski definition) is 4. The third-order valence-electron chi connectivity index (χ3n) is 6.15. The lowest BCUT2D eigenvalue weighted by atomic mass is 9.79. The van der Waals surface area contributed by atoms with E-state index < -0.39 is 0 Å². The van der Waals surface area contributed by atoms with E-state index in [9.17, 15) is 0 Å². The molecule has 0 unspecified atom stereocenters. The summed E-state index contributed by atoms with van der Waals surface area (Å²) >= 11 is 1.95. The number of benzene rings is 1. The summed E-state index contributed by atoms with van der Waals surface area (Å²) in [7, 11) is 1.81. The van der Waals surface area contributed by atoms with Crippen molar-refractivity contribution in [2.75, 3.05) is 46.4 Å². The average Bonchev–Trinajstić information content (AvgIpc) is 3.15. The number of thiophene rings is 1. The lowest BCUT2D eigenvalue weighted by Gasteiger charge is -2.40. The van der Waals surface area contributed by atoms with Crippen LogP contribution in [0.5, 0.6) is 0 Å². The number of aryl methyl sites for hydroxylation is 1. The standard InChI is InChI=1S/C21H30N2OS/c1-17-19(18-6-3-4-7-20(18)25-17)14-23-11-9-21(16-23)8-5-10-22(15-21)12-13-24-2/h3-4,6-7H,5,8-16H2,1-2H3/t21-/m0/s1. The normalized spacial score (nSPS) is 25.4. The third kappa shape index (κ3) is 3.63. The lowest BCUT2D eigenvalue weighted by molar-refractivity contribution is 0.0674. The van der Waals surface area contributed by atoms with Gasteiger partial charge in [-0.05, 0) is 61.7 Å². The third-order valence-corrected chi connectivity index (χ3v) is 7.28. The highest BCUT2D eigenvalue weighted by molar-refractivity contribution is 7.19. The van der Waals surface area contributed by atoms with Gasteiger partial charge in [-0.2, -0.15) is 0 Å². The molecule has 0 aliphatic carbocycles. The Morgan fingerprint density at radius 2 is 1.96 bits per heavy atom. The van der Waals surface area contributed by atoms with Gasteiger partial charge in [0.1, 0.15) is 0 Å². The monoisotopic (exact) mass is 358 g/mol. The summed E-state index contributed by atoms with van der Waals surface area (Å²) < 4.78 is 6.73. The number of piperidine rings is 1. The van der Waals surface area contributed by atoms with Gasteiger partial charge in [0, 0.05) is 42.9 Å². The van der Waals surface area contributed by atoms with Gasteiger partial charge < -0.3 is 9.64 Å². The molecule has 1 aromatic heterocycles. The van der Waals surface area contributed by atoms with Gasteiger partial charge in [0.15, 0.2) is 0 Å². The van der Waals surface area contributed by atoms with Gasteiger partial charge in [-0.1, -0.05) is 18.2 Å². The van der Waals surface area contributed by atoms with Gasteiger partial charge >= 0.3 is 0 Å². The largest absolute Gasteiger partial charge is 0.383 e. The predicted molar refractivity (Wildman–Crippen MR) is 106 cm³/mol. The Hall–Kier alpha value is -0.940. The topological polar surface area (TPSA) is 15.7 Å². The van der Waals surface area contributed by atoms with Crippen LogP contribution in [0.2, 0.25) is 0 Å². The molecule has 2 aromatic rings. The van der Waals surface area contributed by atoms with Crippen molar-refractivity contribution in [3.8, 4) is 0 Å². The van der Waals surface area contributed by atoms with Crippen LogP contribution in [0, 0.1) is 12.3 Å². The van der Waals surface area contributed by atoms with Crippen LogP contribution < -0.4 is 0 Å². The van der Waals surface area contributed by atoms with Crippen molar-refractivity contribution in [3.05, 3.63) is 34.7 Å². The van der Waals surface area contributed by atoms with E-state index >= 15 is 0 Å². The first-order valence-corrected chi connectivity index (χ1v) is 10.4. The summed E-state index contributed by atoms with van der Waals surface area (Å²) in [6.45, 7) is 10.4. The molecule has 25 heavy (non-hydrogen) atoms. The average molecular weight is 359 g/mol. The molecule has 4 heteroatoms. The molecule has 1 aromatic carbocycles. The van der Waals surface area contributed by atoms with Crippen LogP contribution in [0.1, 0.15) is 29.7 Å². The fourth-order valence-electron chi connectivity index (χ4n) is 4.86. The number of rotatable bonds is 5. The van der Waals surface area contributed by atoms with Gasteiger partial charge in [0.05, 0.1) is 6.61 Å². The summed E-state index contributed by atoms with van der Waals surface area (Å²) in [4.78, 5) is 6.83. The Balaban J connectivity index is 1.44. The molecule has 0 radical (unpaired) electrons. The predicted octanol–water partition coefficient (Wildman–Crippen LogP) is 4.14. The molecule has 0 N–H and O–H groups in total. The zero-order valence-corrected chi connectivity index (χ0v) is 16.4. The SMILES string of the molecule is COCCN1CCC[C@]2(CCN(Cc3c(C)sc4ccccc34)C2)C1. The zero-order chi connectivity index (χ0) is 17.3. The van der Waals surface area contributed by atoms with Crippen LogP contribution in [0.25, 0.3) is 10.1 Å². The molecule has 3 nitrogen and oxygen atoms in total. The summed E-state index contributed by atoms with van der Waals surface area (Å²) in [5, 5.41) is 1.47. The van der Waals surface area contributed by atoms with E-state index in [1.165, 1.54) is 60.4 Å². The first-order chi connectivity index (χ1) is 12.2. The molecule has 0 bridgehead atoms. The number of hydrogen-bond donors (Lipinski definition) is 0. The van der Waals surface area contributed by atoms with Crippen molar-refractivity contribution in [3.63, 3.8) is 0 Å². The number of fused-ring (bicyclic) bond motifs is 1. The molecule has 0 saturated carbocycles. The van der Waals surface area contributed by atoms with Gasteiger partial charge in [-0.25, -0.2) is 0 Å². The molecule has 1 spiro atoms. The maximum atomic E-state index is 5.29. The number of likely N-dealkylation sites (tertiary alicyclic amines) is 2. The molecule has 0 amide bonds. The van der Waals surface area contributed by atoms with Gasteiger partial charge in [0.2, 0.25) is 0 Å². The molecule has 2 aliphatic rings. The van der Waals surface area contributed by atoms with E-state index in [4.69, 9.17) is 4.74 Å². The maximum Gasteiger partial charge on any atom is 0.0589 e. The van der Waals surface area contributed by atoms with Crippen molar-refractivity contribution in [2.45, 2.75) is 32.7 Å². The van der Waals surface area contributed by atoms with Crippen molar-refractivity contribution in [1.82, 2.24) is 9.80 Å². The summed E-state index contributed by atoms with van der Waals surface area (Å²) in [6, 6.07) is 8.89. The second-order valence-corrected chi connectivity index (χ2v) is 9.22. The minimum atomic E-state index is 0.520. The Morgan fingerprint density at radius 3 is 2.84 bits per heavy atom. The summed E-state index contributed by atoms with van der Waals surface area (Å²) in [5.74, 6) is 0. The smallest absolute Gasteiger partial charge is 0.0589 e. The van der Waals surface area contributed by atoms with Crippen LogP contribution in [-0.4, -0.2) is 56.2 Å². The van der Waals surface area contributed by atoms with E-state index in [0.717, 1.165) is 19.7 Å². The minimum absolute atomic E-state index is 0.520. The highest BCUT2D eigenvalue weighted by atomic mass is 32.1. The van der Waals surface area contributed by atoms with Gasteiger partial charge in [-0.15, -0.1) is 11.3 Å². The fraction of sp³-hybridized carbons (Fsp3) is 0.619. The quantitative estimate of drug-likeness (QED) is 0.799. The van der Waals surface area contributed by atoms with E-state index in [-0.39, 0.29) is 0 Å². The van der Waals surface area contributed by atoms with Crippen LogP contribution in [0.3, 0.4) is 0 Å². The van der Waals surface area contributed by atoms with Crippen molar-refractivity contribution >= 4 is 21.4 Å². The molecule has 4 rings (SSSR count). The van der Waals surface area contributed by atoms with Crippen LogP contribution >= 0.6 is 11.3 Å². The fourth-order valence-corrected chi connectivity index (χ4v) is 5.93. The van der Waals surface area contributed by atoms with Crippen LogP contribution in [-0.2, 0) is 11.3 Å². The van der Waals surface area contributed by atoms with Crippen LogP contribution in [0.15, 0.2) is 24.3 Å². The zero-order valence-electron chi connectivity index (χ0n) is 15.6. The Kier molecular flexibility index (Phi) is 5.14. The molecular weight excluding hydrogens is 328 g/mol. The lowest BCUT2D eigenvalue weighted by Crippen LogP contribution is -2.45. The van der Waals surface area contributed by atoms with E-state index in [1.807, 2.05) is 18.4 Å². The second kappa shape index (κ2) is 7.36. The van der Waals surface area contributed by atoms with Crippen molar-refractivity contribution in [2.24, 2.45) is 5.41 Å². The van der Waals surface area contributed by atoms with E-state index in [0.29, 0.717) is 5.41 Å². The molecule has 2 saturated heterocycles.